The number of hydrogen-bond acceptors (Lipinski definition) is 1. The first-order valence-corrected chi connectivity index (χ1v) is 9.95. The molecule has 0 amide bonds. The molecule has 0 aromatic heterocycles. The fourth-order valence-corrected chi connectivity index (χ4v) is 7.41. The molecule has 0 unspecified atom stereocenters. The maximum Gasteiger partial charge on any atom is 0.118 e. The van der Waals surface area contributed by atoms with Crippen LogP contribution < -0.4 is 0 Å². The summed E-state index contributed by atoms with van der Waals surface area (Å²) < 4.78 is 13.2. The van der Waals surface area contributed by atoms with Crippen LogP contribution in [0.25, 0.3) is 0 Å². The maximum absolute atomic E-state index is 13.2. The highest BCUT2D eigenvalue weighted by Crippen LogP contribution is 2.64. The van der Waals surface area contributed by atoms with E-state index in [-0.39, 0.29) is 0 Å². The van der Waals surface area contributed by atoms with Gasteiger partial charge in [0.25, 0.3) is 0 Å². The molecule has 1 N–H and O–H groups in total. The first-order valence-electron chi connectivity index (χ1n) is 9.95. The summed E-state index contributed by atoms with van der Waals surface area (Å²) in [5, 5.41) is 10.4. The van der Waals surface area contributed by atoms with Gasteiger partial charge in [-0.2, -0.15) is 0 Å². The smallest absolute Gasteiger partial charge is 0.118 e. The zero-order chi connectivity index (χ0) is 16.2. The third kappa shape index (κ3) is 2.34. The summed E-state index contributed by atoms with van der Waals surface area (Å²) in [6.45, 7) is 4.21. The number of allylic oxidation sites excluding steroid dienone is 2. The second kappa shape index (κ2) is 5.58. The molecule has 4 saturated carbocycles. The Morgan fingerprint density at radius 1 is 1.09 bits per heavy atom. The van der Waals surface area contributed by atoms with E-state index in [1.165, 1.54) is 38.5 Å². The molecule has 0 spiro atoms. The summed E-state index contributed by atoms with van der Waals surface area (Å²) in [4.78, 5) is 0. The monoisotopic (exact) mass is 320 g/mol. The van der Waals surface area contributed by atoms with E-state index < -0.39 is 12.3 Å². The van der Waals surface area contributed by atoms with Crippen molar-refractivity contribution in [2.75, 3.05) is 6.67 Å². The van der Waals surface area contributed by atoms with Gasteiger partial charge in [-0.25, -0.2) is 4.39 Å². The Balaban J connectivity index is 1.55. The van der Waals surface area contributed by atoms with Crippen LogP contribution in [0.4, 0.5) is 4.39 Å². The number of aliphatic hydroxyl groups is 1. The average molecular weight is 320 g/mol. The SMILES string of the molecule is CC=C1CC[C@H]2[C@@H]3CC[C@@H]4C[C@](O)(CF)CC[C@@H]4[C@H]3CC[C@]12C. The van der Waals surface area contributed by atoms with Crippen molar-refractivity contribution in [1.82, 2.24) is 0 Å². The number of halogens is 1. The summed E-state index contributed by atoms with van der Waals surface area (Å²) in [6.07, 6.45) is 12.9. The van der Waals surface area contributed by atoms with Crippen molar-refractivity contribution in [3.05, 3.63) is 11.6 Å². The molecular weight excluding hydrogens is 287 g/mol. The van der Waals surface area contributed by atoms with Crippen LogP contribution in [-0.2, 0) is 0 Å². The van der Waals surface area contributed by atoms with E-state index in [2.05, 4.69) is 19.9 Å². The second-order valence-electron chi connectivity index (χ2n) is 9.34. The van der Waals surface area contributed by atoms with Crippen LogP contribution in [0.1, 0.15) is 71.6 Å². The van der Waals surface area contributed by atoms with Crippen LogP contribution in [0.15, 0.2) is 11.6 Å². The molecule has 4 aliphatic rings. The maximum atomic E-state index is 13.2. The van der Waals surface area contributed by atoms with Crippen molar-refractivity contribution in [3.63, 3.8) is 0 Å². The van der Waals surface area contributed by atoms with Gasteiger partial charge in [0.05, 0.1) is 5.60 Å². The summed E-state index contributed by atoms with van der Waals surface area (Å²) in [5.41, 5.74) is 1.19. The minimum absolute atomic E-state index is 0.469. The van der Waals surface area contributed by atoms with Gasteiger partial charge >= 0.3 is 0 Å². The van der Waals surface area contributed by atoms with Crippen molar-refractivity contribution >= 4 is 0 Å². The molecule has 0 bridgehead atoms. The highest BCUT2D eigenvalue weighted by molar-refractivity contribution is 5.23. The molecule has 4 rings (SSSR count). The van der Waals surface area contributed by atoms with E-state index in [0.717, 1.165) is 36.5 Å². The third-order valence-corrected chi connectivity index (χ3v) is 8.55. The number of rotatable bonds is 1. The van der Waals surface area contributed by atoms with Gasteiger partial charge in [-0.05, 0) is 99.7 Å². The molecule has 23 heavy (non-hydrogen) atoms. The summed E-state index contributed by atoms with van der Waals surface area (Å²) in [7, 11) is 0. The molecule has 130 valence electrons. The molecule has 0 heterocycles. The van der Waals surface area contributed by atoms with Crippen LogP contribution >= 0.6 is 0 Å². The largest absolute Gasteiger partial charge is 0.387 e. The summed E-state index contributed by atoms with van der Waals surface area (Å²) in [6, 6.07) is 0. The van der Waals surface area contributed by atoms with Gasteiger partial charge in [-0.3, -0.25) is 0 Å². The van der Waals surface area contributed by atoms with E-state index in [1.54, 1.807) is 5.57 Å². The highest BCUT2D eigenvalue weighted by atomic mass is 19.1. The number of fused-ring (bicyclic) bond motifs is 5. The number of hydrogen-bond donors (Lipinski definition) is 1. The first-order chi connectivity index (χ1) is 11.0. The quantitative estimate of drug-likeness (QED) is 0.651. The zero-order valence-electron chi connectivity index (χ0n) is 14.9. The standard InChI is InChI=1S/C21H33FO/c1-3-15-5-7-19-18-6-4-14-12-21(23,13-22)11-9-16(14)17(18)8-10-20(15,19)2/h3,14,16-19,23H,4-13H2,1-2H3/t14-,16+,17-,18-,19+,20-,21+/m1/s1. The Kier molecular flexibility index (Phi) is 3.91. The highest BCUT2D eigenvalue weighted by Gasteiger charge is 2.56. The van der Waals surface area contributed by atoms with Crippen LogP contribution in [0.3, 0.4) is 0 Å². The van der Waals surface area contributed by atoms with Gasteiger partial charge in [0.15, 0.2) is 0 Å². The minimum atomic E-state index is -0.997. The Morgan fingerprint density at radius 2 is 1.87 bits per heavy atom. The number of alkyl halides is 1. The molecule has 0 aromatic carbocycles. The summed E-state index contributed by atoms with van der Waals surface area (Å²) >= 11 is 0. The lowest BCUT2D eigenvalue weighted by Crippen LogP contribution is -2.50. The molecule has 2 heteroatoms. The molecular formula is C21H33FO. The van der Waals surface area contributed by atoms with Gasteiger partial charge in [-0.1, -0.05) is 18.6 Å². The van der Waals surface area contributed by atoms with Crippen LogP contribution in [0.2, 0.25) is 0 Å². The predicted octanol–water partition coefficient (Wildman–Crippen LogP) is 5.29. The fraction of sp³-hybridized carbons (Fsp3) is 0.905. The van der Waals surface area contributed by atoms with Crippen molar-refractivity contribution in [2.24, 2.45) is 35.0 Å². The van der Waals surface area contributed by atoms with Crippen LogP contribution in [0.5, 0.6) is 0 Å². The van der Waals surface area contributed by atoms with E-state index in [0.29, 0.717) is 17.8 Å². The van der Waals surface area contributed by atoms with Gasteiger partial charge in [0.2, 0.25) is 0 Å². The molecule has 0 aromatic rings. The van der Waals surface area contributed by atoms with Crippen molar-refractivity contribution in [3.8, 4) is 0 Å². The predicted molar refractivity (Wildman–Crippen MR) is 91.8 cm³/mol. The topological polar surface area (TPSA) is 20.2 Å². The normalized spacial score (nSPS) is 54.4. The molecule has 1 nitrogen and oxygen atoms in total. The first kappa shape index (κ1) is 16.1. The van der Waals surface area contributed by atoms with E-state index in [1.807, 2.05) is 0 Å². The third-order valence-electron chi connectivity index (χ3n) is 8.55. The van der Waals surface area contributed by atoms with Crippen molar-refractivity contribution < 1.29 is 9.50 Å². The molecule has 0 saturated heterocycles. The fourth-order valence-electron chi connectivity index (χ4n) is 7.41. The van der Waals surface area contributed by atoms with Gasteiger partial charge in [0.1, 0.15) is 6.67 Å². The van der Waals surface area contributed by atoms with Gasteiger partial charge in [0, 0.05) is 0 Å². The molecule has 4 fully saturated rings. The average Bonchev–Trinajstić information content (AvgIpc) is 2.90. The Hall–Kier alpha value is -0.370. The van der Waals surface area contributed by atoms with E-state index in [9.17, 15) is 9.50 Å². The molecule has 0 aliphatic heterocycles. The Labute approximate surface area is 140 Å². The van der Waals surface area contributed by atoms with Crippen molar-refractivity contribution in [2.45, 2.75) is 77.2 Å². The lowest BCUT2D eigenvalue weighted by atomic mass is 9.49. The summed E-state index contributed by atoms with van der Waals surface area (Å²) in [5.74, 6) is 3.98. The molecule has 0 radical (unpaired) electrons. The second-order valence-corrected chi connectivity index (χ2v) is 9.34. The van der Waals surface area contributed by atoms with Crippen LogP contribution in [-0.4, -0.2) is 17.4 Å². The molecule has 4 aliphatic carbocycles. The lowest BCUT2D eigenvalue weighted by molar-refractivity contribution is -0.104. The van der Waals surface area contributed by atoms with Crippen molar-refractivity contribution in [1.29, 1.82) is 0 Å². The van der Waals surface area contributed by atoms with Gasteiger partial charge in [-0.15, -0.1) is 0 Å². The lowest BCUT2D eigenvalue weighted by Gasteiger charge is -2.56. The van der Waals surface area contributed by atoms with Crippen LogP contribution in [0, 0.1) is 35.0 Å². The van der Waals surface area contributed by atoms with E-state index in [4.69, 9.17) is 0 Å². The Morgan fingerprint density at radius 3 is 2.61 bits per heavy atom. The minimum Gasteiger partial charge on any atom is -0.387 e. The Bertz CT molecular complexity index is 500. The van der Waals surface area contributed by atoms with Gasteiger partial charge < -0.3 is 5.11 Å². The zero-order valence-corrected chi connectivity index (χ0v) is 14.9. The van der Waals surface area contributed by atoms with E-state index >= 15 is 0 Å². The molecule has 7 atom stereocenters.